The Kier molecular flexibility index (Phi) is 46.7. The molecule has 0 aromatic heterocycles. The summed E-state index contributed by atoms with van der Waals surface area (Å²) in [7, 11) is 0. The van der Waals surface area contributed by atoms with Crippen LogP contribution in [0.3, 0.4) is 0 Å². The van der Waals surface area contributed by atoms with Crippen molar-refractivity contribution in [2.45, 2.75) is 246 Å². The van der Waals surface area contributed by atoms with Gasteiger partial charge in [0, 0.05) is 35.1 Å². The quantitative estimate of drug-likeness (QED) is 0.0447. The molecular weight excluding hydrogens is 834 g/mol. The summed E-state index contributed by atoms with van der Waals surface area (Å²) in [5.41, 5.74) is 4.53. The van der Waals surface area contributed by atoms with Crippen LogP contribution in [0, 0.1) is 22.7 Å². The Morgan fingerprint density at radius 1 is 0.833 bits per heavy atom. The van der Waals surface area contributed by atoms with Crippen molar-refractivity contribution >= 4 is 23.7 Å². The lowest BCUT2D eigenvalue weighted by atomic mass is 9.73. The molecule has 0 radical (unpaired) electrons. The summed E-state index contributed by atoms with van der Waals surface area (Å²) < 4.78 is 47.6. The normalized spacial score (nSPS) is 14.0. The van der Waals surface area contributed by atoms with E-state index in [4.69, 9.17) is 20.3 Å². The fourth-order valence-electron chi connectivity index (χ4n) is 5.82. The third kappa shape index (κ3) is 37.7. The number of alkyl halides is 3. The molecule has 1 aliphatic rings. The van der Waals surface area contributed by atoms with Crippen LogP contribution >= 0.6 is 0 Å². The van der Waals surface area contributed by atoms with Gasteiger partial charge in [-0.1, -0.05) is 165 Å². The molecule has 0 spiro atoms. The molecule has 1 saturated heterocycles. The van der Waals surface area contributed by atoms with Gasteiger partial charge in [-0.15, -0.1) is 0 Å². The topological polar surface area (TPSA) is 100 Å². The molecule has 2 unspecified atom stereocenters. The van der Waals surface area contributed by atoms with E-state index >= 15 is 0 Å². The first-order valence-electron chi connectivity index (χ1n) is 25.5. The fraction of sp³-hybridized carbons (Fsp3) is 0.719. The summed E-state index contributed by atoms with van der Waals surface area (Å²) in [6.07, 6.45) is 15.6. The van der Waals surface area contributed by atoms with Crippen molar-refractivity contribution in [1.29, 1.82) is 10.8 Å². The summed E-state index contributed by atoms with van der Waals surface area (Å²) in [4.78, 5) is 23.7. The van der Waals surface area contributed by atoms with Crippen molar-refractivity contribution in [2.24, 2.45) is 11.8 Å². The van der Waals surface area contributed by atoms with Crippen LogP contribution in [0.5, 0.6) is 0 Å². The molecule has 0 aliphatic carbocycles. The molecule has 1 heterocycles. The number of carbonyl (C=O) groups excluding carboxylic acids is 2. The van der Waals surface area contributed by atoms with Crippen LogP contribution < -0.4 is 0 Å². The van der Waals surface area contributed by atoms with E-state index in [1.54, 1.807) is 6.08 Å². The Morgan fingerprint density at radius 2 is 1.39 bits per heavy atom. The fourth-order valence-corrected chi connectivity index (χ4v) is 5.82. The molecule has 2 atom stereocenters. The average Bonchev–Trinajstić information content (AvgIpc) is 3.26. The Morgan fingerprint density at radius 3 is 1.74 bits per heavy atom. The van der Waals surface area contributed by atoms with Crippen LogP contribution in [0.4, 0.5) is 13.2 Å². The molecule has 1 fully saturated rings. The molecule has 386 valence electrons. The summed E-state index contributed by atoms with van der Waals surface area (Å²) in [5, 5.41) is 14.5. The Bertz CT molecular complexity index is 1500. The minimum atomic E-state index is -4.23. The van der Waals surface area contributed by atoms with Gasteiger partial charge >= 0.3 is 12.1 Å². The van der Waals surface area contributed by atoms with Crippen molar-refractivity contribution in [3.63, 3.8) is 0 Å². The summed E-state index contributed by atoms with van der Waals surface area (Å²) in [5.74, 6) is 1.43. The van der Waals surface area contributed by atoms with E-state index in [1.807, 2.05) is 96.1 Å². The van der Waals surface area contributed by atoms with Gasteiger partial charge in [-0.05, 0) is 127 Å². The Balaban J connectivity index is -0.000000249. The van der Waals surface area contributed by atoms with Gasteiger partial charge in [0.2, 0.25) is 0 Å². The molecule has 9 heteroatoms. The summed E-state index contributed by atoms with van der Waals surface area (Å²) in [6.45, 7) is 40.8. The van der Waals surface area contributed by atoms with E-state index in [0.29, 0.717) is 56.1 Å². The highest BCUT2D eigenvalue weighted by Gasteiger charge is 2.41. The highest BCUT2D eigenvalue weighted by atomic mass is 19.4. The largest absolute Gasteiger partial charge is 0.460 e. The van der Waals surface area contributed by atoms with E-state index in [2.05, 4.69) is 59.7 Å². The van der Waals surface area contributed by atoms with E-state index in [0.717, 1.165) is 73.6 Å². The second-order valence-electron chi connectivity index (χ2n) is 17.8. The molecule has 1 aromatic carbocycles. The average molecular weight is 937 g/mol. The smallest absolute Gasteiger partial charge is 0.412 e. The lowest BCUT2D eigenvalue weighted by Gasteiger charge is -2.42. The zero-order valence-electron chi connectivity index (χ0n) is 46.3. The van der Waals surface area contributed by atoms with Crippen LogP contribution in [-0.2, 0) is 26.1 Å². The van der Waals surface area contributed by atoms with E-state index in [1.165, 1.54) is 38.0 Å². The van der Waals surface area contributed by atoms with Gasteiger partial charge in [-0.2, -0.15) is 13.2 Å². The monoisotopic (exact) mass is 937 g/mol. The zero-order chi connectivity index (χ0) is 52.5. The summed E-state index contributed by atoms with van der Waals surface area (Å²) >= 11 is 0. The van der Waals surface area contributed by atoms with Crippen molar-refractivity contribution in [2.75, 3.05) is 13.2 Å². The maximum absolute atomic E-state index is 12.4. The number of ether oxygens (including phenoxy) is 2. The first kappa shape index (κ1) is 71.7. The van der Waals surface area contributed by atoms with Gasteiger partial charge in [-0.3, -0.25) is 9.59 Å². The number of esters is 1. The number of unbranched alkanes of at least 4 members (excludes halogenated alkanes) is 2. The SMILES string of the molecule is CC.CC.CCC(C)C=N.CCC(C)CCCCC(=O)OC(C)(C)C.CCCC.CCCC(=O)c1cc(C2(CC(C)=N)COC2)ccc1CC.CC\C=C(C)/C=C(\C=C(/C)C(F)(F)F)CC. The number of benzene rings is 1. The first-order chi connectivity index (χ1) is 30.9. The second-order valence-corrected chi connectivity index (χ2v) is 17.8. The molecular formula is C57H103F3N2O4. The number of rotatable bonds is 20. The van der Waals surface area contributed by atoms with Crippen LogP contribution in [0.15, 0.2) is 53.1 Å². The lowest BCUT2D eigenvalue weighted by molar-refractivity contribution is -0.154. The molecule has 0 bridgehead atoms. The van der Waals surface area contributed by atoms with Crippen LogP contribution in [-0.4, -0.2) is 48.7 Å². The standard InChI is InChI=1S/C18H25NO2.C13H19F3.C13H26O2.C5H11N.C4H10.2C2H6/c1-4-6-17(20)16-9-15(8-7-14(16)5-2)18(10-13(3)19)11-21-12-18;1-5-7-10(3)8-12(6-2)9-11(4)13(14,15)16;1-6-11(2)9-7-8-10-12(14)15-13(3,4)5;1-3-5(2)4-6;1-3-4-2;2*1-2/h7-9,19H,4-6,10-12H2,1-3H3;7-9H,5-6H2,1-4H3;11H,6-10H2,1-5H3;4-6H,3H2,1-2H3;3-4H2,1-2H3;2*1-2H3/b;10-7-,11-9+,12-8-;;;;;. The third-order valence-corrected chi connectivity index (χ3v) is 10.3. The molecule has 66 heavy (non-hydrogen) atoms. The van der Waals surface area contributed by atoms with Crippen molar-refractivity contribution < 1.29 is 32.2 Å². The maximum atomic E-state index is 12.4. The number of aryl methyl sites for hydroxylation is 1. The van der Waals surface area contributed by atoms with Gasteiger partial charge in [0.15, 0.2) is 5.78 Å². The van der Waals surface area contributed by atoms with E-state index in [9.17, 15) is 22.8 Å². The summed E-state index contributed by atoms with van der Waals surface area (Å²) in [6, 6.07) is 6.26. The highest BCUT2D eigenvalue weighted by Crippen LogP contribution is 2.37. The van der Waals surface area contributed by atoms with Gasteiger partial charge in [0.1, 0.15) is 5.60 Å². The molecule has 6 nitrogen and oxygen atoms in total. The number of allylic oxidation sites excluding steroid dienone is 6. The van der Waals surface area contributed by atoms with Crippen LogP contribution in [0.25, 0.3) is 0 Å². The van der Waals surface area contributed by atoms with E-state index in [-0.39, 0.29) is 22.8 Å². The predicted molar refractivity (Wildman–Crippen MR) is 283 cm³/mol. The number of Topliss-reactive ketones (excluding diaryl/α,β-unsaturated/α-hetero) is 1. The third-order valence-electron chi connectivity index (χ3n) is 10.3. The highest BCUT2D eigenvalue weighted by molar-refractivity contribution is 5.97. The van der Waals surface area contributed by atoms with Gasteiger partial charge in [-0.25, -0.2) is 0 Å². The molecule has 1 aromatic rings. The van der Waals surface area contributed by atoms with Crippen molar-refractivity contribution in [3.8, 4) is 0 Å². The lowest BCUT2D eigenvalue weighted by Crippen LogP contribution is -2.48. The minimum absolute atomic E-state index is 0.0633. The Labute approximate surface area is 405 Å². The molecule has 1 aliphatic heterocycles. The number of hydrogen-bond acceptors (Lipinski definition) is 6. The number of hydrogen-bond donors (Lipinski definition) is 2. The predicted octanol–water partition coefficient (Wildman–Crippen LogP) is 18.6. The maximum Gasteiger partial charge on any atom is 0.412 e. The molecule has 0 saturated carbocycles. The molecule has 2 N–H and O–H groups in total. The van der Waals surface area contributed by atoms with Gasteiger partial charge in [0.05, 0.1) is 13.2 Å². The van der Waals surface area contributed by atoms with Gasteiger partial charge < -0.3 is 20.3 Å². The molecule has 2 rings (SSSR count). The van der Waals surface area contributed by atoms with E-state index < -0.39 is 11.7 Å². The minimum Gasteiger partial charge on any atom is -0.460 e. The number of carbonyl (C=O) groups is 2. The van der Waals surface area contributed by atoms with Crippen LogP contribution in [0.1, 0.15) is 243 Å². The zero-order valence-corrected chi connectivity index (χ0v) is 46.3. The first-order valence-corrected chi connectivity index (χ1v) is 25.5. The second kappa shape index (κ2) is 43.0. The number of ketones is 1. The van der Waals surface area contributed by atoms with Crippen molar-refractivity contribution in [1.82, 2.24) is 0 Å². The molecule has 0 amide bonds. The van der Waals surface area contributed by atoms with Crippen molar-refractivity contribution in [3.05, 3.63) is 69.8 Å². The number of halogens is 3. The Hall–Kier alpha value is -3.33. The number of nitrogens with one attached hydrogen (secondary N) is 2. The van der Waals surface area contributed by atoms with Gasteiger partial charge in [0.25, 0.3) is 0 Å². The van der Waals surface area contributed by atoms with Crippen LogP contribution in [0.2, 0.25) is 0 Å².